The van der Waals surface area contributed by atoms with Crippen LogP contribution in [0.2, 0.25) is 5.02 Å². The van der Waals surface area contributed by atoms with Gasteiger partial charge in [-0.25, -0.2) is 4.79 Å². The van der Waals surface area contributed by atoms with Crippen LogP contribution < -0.4 is 4.74 Å². The minimum absolute atomic E-state index is 0.243. The summed E-state index contributed by atoms with van der Waals surface area (Å²) < 4.78 is 5.17. The van der Waals surface area contributed by atoms with E-state index in [1.54, 1.807) is 42.5 Å². The van der Waals surface area contributed by atoms with Crippen molar-refractivity contribution in [2.45, 2.75) is 6.92 Å². The Bertz CT molecular complexity index is 694. The minimum Gasteiger partial charge on any atom is -0.481 e. The van der Waals surface area contributed by atoms with Crippen LogP contribution >= 0.6 is 11.6 Å². The molecule has 0 aliphatic heterocycles. The lowest BCUT2D eigenvalue weighted by Crippen LogP contribution is -2.12. The molecule has 0 spiro atoms. The molecule has 0 aliphatic rings. The summed E-state index contributed by atoms with van der Waals surface area (Å²) >= 11 is 5.89. The van der Waals surface area contributed by atoms with Gasteiger partial charge in [0.25, 0.3) is 0 Å². The number of hydrogen-bond donors (Lipinski definition) is 1. The molecular weight excluding hydrogens is 292 g/mol. The third kappa shape index (κ3) is 3.83. The van der Waals surface area contributed by atoms with Crippen molar-refractivity contribution in [2.24, 2.45) is 0 Å². The fourth-order valence-corrected chi connectivity index (χ4v) is 2.06. The third-order valence-electron chi connectivity index (χ3n) is 2.82. The average Bonchev–Trinajstić information content (AvgIpc) is 2.45. The number of aliphatic carboxylic acids is 1. The summed E-state index contributed by atoms with van der Waals surface area (Å²) in [6.07, 6.45) is 0. The Kier molecular flexibility index (Phi) is 4.60. The molecule has 1 N–H and O–H groups in total. The molecule has 21 heavy (non-hydrogen) atoms. The minimum atomic E-state index is -1.10. The van der Waals surface area contributed by atoms with E-state index >= 15 is 0 Å². The van der Waals surface area contributed by atoms with Crippen LogP contribution in [0.15, 0.2) is 42.5 Å². The SMILES string of the molecule is Cc1ccc(OCC(=O)O)c(C(=O)c2cccc(Cl)c2)c1. The molecular formula is C16H13ClO4. The van der Waals surface area contributed by atoms with Crippen LogP contribution in [-0.2, 0) is 4.79 Å². The average molecular weight is 305 g/mol. The van der Waals surface area contributed by atoms with Crippen molar-refractivity contribution in [1.29, 1.82) is 0 Å². The number of ether oxygens (including phenoxy) is 1. The molecule has 0 saturated carbocycles. The second-order valence-corrected chi connectivity index (χ2v) is 4.96. The number of hydrogen-bond acceptors (Lipinski definition) is 3. The Morgan fingerprint density at radius 2 is 1.95 bits per heavy atom. The van der Waals surface area contributed by atoms with Crippen LogP contribution in [0, 0.1) is 6.92 Å². The zero-order valence-electron chi connectivity index (χ0n) is 11.3. The van der Waals surface area contributed by atoms with Gasteiger partial charge in [-0.3, -0.25) is 4.79 Å². The first-order valence-corrected chi connectivity index (χ1v) is 6.60. The largest absolute Gasteiger partial charge is 0.481 e. The lowest BCUT2D eigenvalue weighted by Gasteiger charge is -2.10. The second kappa shape index (κ2) is 6.41. The third-order valence-corrected chi connectivity index (χ3v) is 3.05. The van der Waals surface area contributed by atoms with E-state index in [0.717, 1.165) is 5.56 Å². The highest BCUT2D eigenvalue weighted by Gasteiger charge is 2.16. The fourth-order valence-electron chi connectivity index (χ4n) is 1.87. The second-order valence-electron chi connectivity index (χ2n) is 4.52. The van der Waals surface area contributed by atoms with Crippen LogP contribution in [0.25, 0.3) is 0 Å². The maximum Gasteiger partial charge on any atom is 0.341 e. The number of carboxylic acid groups (broad SMARTS) is 1. The lowest BCUT2D eigenvalue weighted by atomic mass is 10.0. The Hall–Kier alpha value is -2.33. The van der Waals surface area contributed by atoms with Gasteiger partial charge in [0.1, 0.15) is 5.75 Å². The van der Waals surface area contributed by atoms with Gasteiger partial charge in [-0.05, 0) is 31.2 Å². The monoisotopic (exact) mass is 304 g/mol. The molecule has 2 rings (SSSR count). The van der Waals surface area contributed by atoms with Crippen LogP contribution in [0.3, 0.4) is 0 Å². The zero-order valence-corrected chi connectivity index (χ0v) is 12.1. The summed E-state index contributed by atoms with van der Waals surface area (Å²) in [5, 5.41) is 9.14. The Morgan fingerprint density at radius 1 is 1.19 bits per heavy atom. The summed E-state index contributed by atoms with van der Waals surface area (Å²) in [4.78, 5) is 23.1. The van der Waals surface area contributed by atoms with Gasteiger partial charge in [-0.2, -0.15) is 0 Å². The van der Waals surface area contributed by atoms with Gasteiger partial charge < -0.3 is 9.84 Å². The summed E-state index contributed by atoms with van der Waals surface area (Å²) in [5.41, 5.74) is 1.62. The maximum atomic E-state index is 12.5. The molecule has 0 bridgehead atoms. The number of aryl methyl sites for hydroxylation is 1. The number of carbonyl (C=O) groups excluding carboxylic acids is 1. The van der Waals surface area contributed by atoms with Crippen molar-refractivity contribution in [3.05, 3.63) is 64.2 Å². The van der Waals surface area contributed by atoms with Gasteiger partial charge in [0.2, 0.25) is 0 Å². The van der Waals surface area contributed by atoms with Crippen molar-refractivity contribution in [3.8, 4) is 5.75 Å². The van der Waals surface area contributed by atoms with E-state index in [1.165, 1.54) is 0 Å². The number of carboxylic acids is 1. The summed E-state index contributed by atoms with van der Waals surface area (Å²) in [6, 6.07) is 11.6. The Morgan fingerprint density at radius 3 is 2.62 bits per heavy atom. The number of ketones is 1. The molecule has 0 amide bonds. The number of benzene rings is 2. The smallest absolute Gasteiger partial charge is 0.341 e. The molecule has 0 atom stereocenters. The van der Waals surface area contributed by atoms with Crippen LogP contribution in [0.5, 0.6) is 5.75 Å². The molecule has 2 aromatic rings. The van der Waals surface area contributed by atoms with Crippen molar-refractivity contribution in [3.63, 3.8) is 0 Å². The van der Waals surface area contributed by atoms with Gasteiger partial charge in [0.05, 0.1) is 5.56 Å². The molecule has 0 saturated heterocycles. The van der Waals surface area contributed by atoms with Crippen LogP contribution in [-0.4, -0.2) is 23.5 Å². The van der Waals surface area contributed by atoms with Gasteiger partial charge in [0.15, 0.2) is 12.4 Å². The Labute approximate surface area is 126 Å². The zero-order chi connectivity index (χ0) is 15.4. The summed E-state index contributed by atoms with van der Waals surface area (Å²) in [6.45, 7) is 1.34. The normalized spacial score (nSPS) is 10.2. The first-order valence-electron chi connectivity index (χ1n) is 6.23. The van der Waals surface area contributed by atoms with Crippen LogP contribution in [0.1, 0.15) is 21.5 Å². The van der Waals surface area contributed by atoms with E-state index in [4.69, 9.17) is 21.4 Å². The molecule has 0 unspecified atom stereocenters. The highest BCUT2D eigenvalue weighted by Crippen LogP contribution is 2.24. The molecule has 108 valence electrons. The topological polar surface area (TPSA) is 63.6 Å². The number of rotatable bonds is 5. The number of carbonyl (C=O) groups is 2. The standard InChI is InChI=1S/C16H13ClO4/c1-10-5-6-14(21-9-15(18)19)13(7-10)16(20)11-3-2-4-12(17)8-11/h2-8H,9H2,1H3,(H,18,19). The maximum absolute atomic E-state index is 12.5. The molecule has 0 aromatic heterocycles. The van der Waals surface area contributed by atoms with E-state index in [0.29, 0.717) is 16.1 Å². The fraction of sp³-hybridized carbons (Fsp3) is 0.125. The van der Waals surface area contributed by atoms with Crippen molar-refractivity contribution >= 4 is 23.4 Å². The van der Waals surface area contributed by atoms with Gasteiger partial charge in [0, 0.05) is 10.6 Å². The first-order chi connectivity index (χ1) is 9.97. The Balaban J connectivity index is 2.39. The summed E-state index contributed by atoms with van der Waals surface area (Å²) in [7, 11) is 0. The van der Waals surface area contributed by atoms with Crippen LogP contribution in [0.4, 0.5) is 0 Å². The van der Waals surface area contributed by atoms with E-state index in [9.17, 15) is 9.59 Å². The summed E-state index contributed by atoms with van der Waals surface area (Å²) in [5.74, 6) is -1.12. The quantitative estimate of drug-likeness (QED) is 0.860. The highest BCUT2D eigenvalue weighted by molar-refractivity contribution is 6.31. The van der Waals surface area contributed by atoms with E-state index in [2.05, 4.69) is 0 Å². The molecule has 0 fully saturated rings. The van der Waals surface area contributed by atoms with Crippen molar-refractivity contribution in [2.75, 3.05) is 6.61 Å². The number of halogens is 1. The van der Waals surface area contributed by atoms with Crippen molar-refractivity contribution in [1.82, 2.24) is 0 Å². The highest BCUT2D eigenvalue weighted by atomic mass is 35.5. The molecule has 0 aliphatic carbocycles. The van der Waals surface area contributed by atoms with Gasteiger partial charge >= 0.3 is 5.97 Å². The molecule has 5 heteroatoms. The predicted molar refractivity (Wildman–Crippen MR) is 79.2 cm³/mol. The van der Waals surface area contributed by atoms with Gasteiger partial charge in [-0.15, -0.1) is 0 Å². The predicted octanol–water partition coefficient (Wildman–Crippen LogP) is 3.34. The molecule has 0 heterocycles. The van der Waals surface area contributed by atoms with E-state index in [1.807, 2.05) is 6.92 Å². The van der Waals surface area contributed by atoms with E-state index in [-0.39, 0.29) is 11.5 Å². The molecule has 0 radical (unpaired) electrons. The lowest BCUT2D eigenvalue weighted by molar-refractivity contribution is -0.139. The van der Waals surface area contributed by atoms with Gasteiger partial charge in [-0.1, -0.05) is 35.4 Å². The molecule has 4 nitrogen and oxygen atoms in total. The van der Waals surface area contributed by atoms with E-state index < -0.39 is 12.6 Å². The molecule has 2 aromatic carbocycles. The van der Waals surface area contributed by atoms with Crippen molar-refractivity contribution < 1.29 is 19.4 Å². The first kappa shape index (κ1) is 15.1.